The van der Waals surface area contributed by atoms with Gasteiger partial charge in [0.25, 0.3) is 0 Å². The van der Waals surface area contributed by atoms with Gasteiger partial charge in [0.05, 0.1) is 0 Å². The van der Waals surface area contributed by atoms with E-state index < -0.39 is 0 Å². The molecule has 1 aromatic heterocycles. The predicted octanol–water partition coefficient (Wildman–Crippen LogP) is 1.08. The summed E-state index contributed by atoms with van der Waals surface area (Å²) in [5, 5.41) is 7.52. The maximum atomic E-state index is 4.31. The van der Waals surface area contributed by atoms with Crippen LogP contribution in [0.25, 0.3) is 0 Å². The zero-order chi connectivity index (χ0) is 7.68. The van der Waals surface area contributed by atoms with Crippen molar-refractivity contribution in [3.8, 4) is 0 Å². The molecule has 2 heterocycles. The molecule has 12 heavy (non-hydrogen) atoms. The van der Waals surface area contributed by atoms with Crippen LogP contribution in [-0.2, 0) is 13.0 Å². The number of aromatic nitrogens is 3. The summed E-state index contributed by atoms with van der Waals surface area (Å²) < 4.78 is 1.95. The first kappa shape index (κ1) is 9.32. The fourth-order valence-corrected chi connectivity index (χ4v) is 1.25. The lowest BCUT2D eigenvalue weighted by Crippen LogP contribution is -2.17. The zero-order valence-electron chi connectivity index (χ0n) is 7.08. The van der Waals surface area contributed by atoms with Crippen LogP contribution in [0.5, 0.6) is 0 Å². The Morgan fingerprint density at radius 3 is 3.08 bits per heavy atom. The molecule has 0 spiro atoms. The quantitative estimate of drug-likeness (QED) is 0.717. The van der Waals surface area contributed by atoms with Crippen LogP contribution in [-0.4, -0.2) is 21.3 Å². The van der Waals surface area contributed by atoms with Crippen LogP contribution in [0.4, 0.5) is 5.95 Å². The van der Waals surface area contributed by atoms with E-state index in [0.29, 0.717) is 0 Å². The van der Waals surface area contributed by atoms with E-state index in [1.807, 2.05) is 4.68 Å². The summed E-state index contributed by atoms with van der Waals surface area (Å²) in [6.07, 6.45) is 2.07. The summed E-state index contributed by atoms with van der Waals surface area (Å²) in [5.74, 6) is 1.88. The SMILES string of the molecule is CCc1nc2n(n1)CCCN2.Cl. The molecule has 1 aliphatic heterocycles. The number of rotatable bonds is 1. The Morgan fingerprint density at radius 1 is 1.58 bits per heavy atom. The largest absolute Gasteiger partial charge is 0.354 e. The molecule has 0 saturated carbocycles. The van der Waals surface area contributed by atoms with E-state index in [1.165, 1.54) is 0 Å². The van der Waals surface area contributed by atoms with E-state index >= 15 is 0 Å². The highest BCUT2D eigenvalue weighted by molar-refractivity contribution is 5.85. The van der Waals surface area contributed by atoms with Gasteiger partial charge in [-0.2, -0.15) is 10.1 Å². The van der Waals surface area contributed by atoms with Gasteiger partial charge in [-0.25, -0.2) is 4.68 Å². The van der Waals surface area contributed by atoms with Gasteiger partial charge < -0.3 is 5.32 Å². The molecule has 5 heteroatoms. The van der Waals surface area contributed by atoms with Crippen molar-refractivity contribution in [1.82, 2.24) is 14.8 Å². The zero-order valence-corrected chi connectivity index (χ0v) is 7.89. The summed E-state index contributed by atoms with van der Waals surface area (Å²) in [5.41, 5.74) is 0. The Labute approximate surface area is 77.8 Å². The van der Waals surface area contributed by atoms with Gasteiger partial charge in [-0.15, -0.1) is 12.4 Å². The van der Waals surface area contributed by atoms with Crippen molar-refractivity contribution in [3.05, 3.63) is 5.82 Å². The minimum atomic E-state index is 0. The number of hydrogen-bond acceptors (Lipinski definition) is 3. The van der Waals surface area contributed by atoms with Crippen molar-refractivity contribution >= 4 is 18.4 Å². The highest BCUT2D eigenvalue weighted by Gasteiger charge is 2.11. The molecular weight excluding hydrogens is 176 g/mol. The molecule has 2 rings (SSSR count). The van der Waals surface area contributed by atoms with Gasteiger partial charge in [-0.1, -0.05) is 6.92 Å². The molecule has 0 bridgehead atoms. The van der Waals surface area contributed by atoms with Gasteiger partial charge in [0.2, 0.25) is 5.95 Å². The second-order valence-electron chi connectivity index (χ2n) is 2.71. The van der Waals surface area contributed by atoms with Crippen LogP contribution in [0.2, 0.25) is 0 Å². The molecule has 0 saturated heterocycles. The van der Waals surface area contributed by atoms with Crippen LogP contribution in [0.15, 0.2) is 0 Å². The first-order valence-electron chi connectivity index (χ1n) is 4.07. The van der Waals surface area contributed by atoms with Crippen molar-refractivity contribution in [1.29, 1.82) is 0 Å². The highest BCUT2D eigenvalue weighted by atomic mass is 35.5. The third kappa shape index (κ3) is 1.53. The molecule has 0 radical (unpaired) electrons. The van der Waals surface area contributed by atoms with E-state index in [1.54, 1.807) is 0 Å². The minimum Gasteiger partial charge on any atom is -0.354 e. The second kappa shape index (κ2) is 3.76. The van der Waals surface area contributed by atoms with Gasteiger partial charge >= 0.3 is 0 Å². The molecule has 4 nitrogen and oxygen atoms in total. The number of nitrogens with zero attached hydrogens (tertiary/aromatic N) is 3. The third-order valence-corrected chi connectivity index (χ3v) is 1.86. The number of halogens is 1. The Kier molecular flexibility index (Phi) is 2.92. The third-order valence-electron chi connectivity index (χ3n) is 1.86. The van der Waals surface area contributed by atoms with Crippen molar-refractivity contribution in [2.75, 3.05) is 11.9 Å². The average Bonchev–Trinajstić information content (AvgIpc) is 2.46. The van der Waals surface area contributed by atoms with Crippen LogP contribution in [0.3, 0.4) is 0 Å². The van der Waals surface area contributed by atoms with Gasteiger partial charge in [0.1, 0.15) is 0 Å². The maximum Gasteiger partial charge on any atom is 0.221 e. The average molecular weight is 189 g/mol. The Hall–Kier alpha value is -0.770. The van der Waals surface area contributed by atoms with Crippen molar-refractivity contribution in [3.63, 3.8) is 0 Å². The second-order valence-corrected chi connectivity index (χ2v) is 2.71. The molecule has 68 valence electrons. The summed E-state index contributed by atoms with van der Waals surface area (Å²) in [6, 6.07) is 0. The molecule has 0 aliphatic carbocycles. The van der Waals surface area contributed by atoms with Gasteiger partial charge in [0.15, 0.2) is 5.82 Å². The summed E-state index contributed by atoms with van der Waals surface area (Å²) in [4.78, 5) is 4.31. The van der Waals surface area contributed by atoms with Crippen molar-refractivity contribution in [2.45, 2.75) is 26.3 Å². The lowest BCUT2D eigenvalue weighted by Gasteiger charge is -2.12. The Bertz CT molecular complexity index is 234. The van der Waals surface area contributed by atoms with Crippen LogP contribution in [0.1, 0.15) is 19.2 Å². The summed E-state index contributed by atoms with van der Waals surface area (Å²) in [7, 11) is 0. The smallest absolute Gasteiger partial charge is 0.221 e. The molecule has 0 fully saturated rings. The standard InChI is InChI=1S/C7H12N4.ClH/c1-2-6-9-7-8-4-3-5-11(7)10-6;/h2-5H2,1H3,(H,8,9,10);1H. The summed E-state index contributed by atoms with van der Waals surface area (Å²) >= 11 is 0. The Morgan fingerprint density at radius 2 is 2.42 bits per heavy atom. The molecule has 1 aromatic rings. The van der Waals surface area contributed by atoms with E-state index in [4.69, 9.17) is 0 Å². The lowest BCUT2D eigenvalue weighted by molar-refractivity contribution is 0.561. The van der Waals surface area contributed by atoms with Crippen LogP contribution >= 0.6 is 12.4 Å². The normalized spacial score (nSPS) is 14.4. The van der Waals surface area contributed by atoms with E-state index in [-0.39, 0.29) is 12.4 Å². The Balaban J connectivity index is 0.000000720. The number of fused-ring (bicyclic) bond motifs is 1. The molecular formula is C7H13ClN4. The van der Waals surface area contributed by atoms with Gasteiger partial charge in [0, 0.05) is 19.5 Å². The molecule has 0 aromatic carbocycles. The van der Waals surface area contributed by atoms with Crippen molar-refractivity contribution < 1.29 is 0 Å². The first-order chi connectivity index (χ1) is 5.40. The van der Waals surface area contributed by atoms with E-state index in [0.717, 1.165) is 37.7 Å². The fourth-order valence-electron chi connectivity index (χ4n) is 1.25. The monoisotopic (exact) mass is 188 g/mol. The minimum absolute atomic E-state index is 0. The van der Waals surface area contributed by atoms with Crippen LogP contribution < -0.4 is 5.32 Å². The summed E-state index contributed by atoms with van der Waals surface area (Å²) in [6.45, 7) is 4.11. The number of hydrogen-bond donors (Lipinski definition) is 1. The predicted molar refractivity (Wildman–Crippen MR) is 49.8 cm³/mol. The number of nitrogens with one attached hydrogen (secondary N) is 1. The molecule has 1 aliphatic rings. The lowest BCUT2D eigenvalue weighted by atomic mass is 10.4. The number of anilines is 1. The van der Waals surface area contributed by atoms with Crippen LogP contribution in [0, 0.1) is 0 Å². The van der Waals surface area contributed by atoms with E-state index in [9.17, 15) is 0 Å². The molecule has 0 amide bonds. The fraction of sp³-hybridized carbons (Fsp3) is 0.714. The first-order valence-corrected chi connectivity index (χ1v) is 4.07. The number of aryl methyl sites for hydroxylation is 2. The molecule has 0 unspecified atom stereocenters. The van der Waals surface area contributed by atoms with Gasteiger partial charge in [-0.3, -0.25) is 0 Å². The van der Waals surface area contributed by atoms with Gasteiger partial charge in [-0.05, 0) is 6.42 Å². The van der Waals surface area contributed by atoms with Crippen molar-refractivity contribution in [2.24, 2.45) is 0 Å². The maximum absolute atomic E-state index is 4.31. The van der Waals surface area contributed by atoms with E-state index in [2.05, 4.69) is 22.3 Å². The molecule has 1 N–H and O–H groups in total. The highest BCUT2D eigenvalue weighted by Crippen LogP contribution is 2.10. The molecule has 0 atom stereocenters. The topological polar surface area (TPSA) is 42.7 Å².